The van der Waals surface area contributed by atoms with Crippen molar-refractivity contribution < 1.29 is 16.7 Å². The van der Waals surface area contributed by atoms with Crippen molar-refractivity contribution in [1.29, 1.82) is 0 Å². The van der Waals surface area contributed by atoms with Crippen molar-refractivity contribution in [1.82, 2.24) is 0 Å². The molecule has 1 aliphatic rings. The smallest absolute Gasteiger partial charge is 0.225 e. The topological polar surface area (TPSA) is 20.2 Å². The van der Waals surface area contributed by atoms with Crippen LogP contribution in [0.2, 0.25) is 5.02 Å². The third-order valence-corrected chi connectivity index (χ3v) is 4.26. The highest BCUT2D eigenvalue weighted by Crippen LogP contribution is 2.40. The number of aliphatic hydroxyl groups excluding tert-OH is 1. The Balaban J connectivity index is 2.00. The molecule has 0 spiro atoms. The molecule has 0 saturated heterocycles. The molecule has 0 aromatic heterocycles. The van der Waals surface area contributed by atoms with E-state index in [0.717, 1.165) is 22.6 Å². The molecule has 1 N–H and O–H groups in total. The van der Waals surface area contributed by atoms with Crippen LogP contribution in [0.5, 0.6) is 0 Å². The van der Waals surface area contributed by atoms with Gasteiger partial charge in [0.15, 0.2) is 11.6 Å². The molecule has 0 heterocycles. The fraction of sp³-hybridized carbons (Fsp3) is 0.222. The van der Waals surface area contributed by atoms with Crippen LogP contribution in [0.4, 0.5) is 0 Å². The van der Waals surface area contributed by atoms with Gasteiger partial charge in [-0.1, -0.05) is 49.4 Å². The zero-order valence-corrected chi connectivity index (χ0v) is 12.2. The highest BCUT2D eigenvalue weighted by molar-refractivity contribution is 5.74. The molecule has 2 unspecified atom stereocenters. The van der Waals surface area contributed by atoms with Crippen molar-refractivity contribution in [2.75, 3.05) is 0 Å². The van der Waals surface area contributed by atoms with Gasteiger partial charge >= 0.3 is 0 Å². The molecule has 2 atom stereocenters. The molecule has 1 aliphatic carbocycles. The second-order valence-electron chi connectivity index (χ2n) is 5.36. The molecule has 3 rings (SSSR count). The molecule has 0 aliphatic heterocycles. The van der Waals surface area contributed by atoms with E-state index in [1.165, 1.54) is 11.1 Å². The van der Waals surface area contributed by atoms with E-state index >= 15 is 0 Å². The average Bonchev–Trinajstić information content (AvgIpc) is 2.48. The summed E-state index contributed by atoms with van der Waals surface area (Å²) < 4.78 is 0. The molecule has 2 aromatic carbocycles. The van der Waals surface area contributed by atoms with E-state index in [2.05, 4.69) is 31.2 Å². The van der Waals surface area contributed by atoms with Crippen LogP contribution in [0.15, 0.2) is 54.6 Å². The summed E-state index contributed by atoms with van der Waals surface area (Å²) in [6.07, 6.45) is 2.56. The van der Waals surface area contributed by atoms with Crippen molar-refractivity contribution >= 4 is 5.57 Å². The van der Waals surface area contributed by atoms with E-state index in [4.69, 9.17) is 11.6 Å². The summed E-state index contributed by atoms with van der Waals surface area (Å²) in [4.78, 5) is 0. The lowest BCUT2D eigenvalue weighted by atomic mass is 9.81. The van der Waals surface area contributed by atoms with Crippen molar-refractivity contribution in [3.8, 4) is 0 Å². The molecular weight excluding hydrogens is 268 g/mol. The predicted molar refractivity (Wildman–Crippen MR) is 79.4 cm³/mol. The Labute approximate surface area is 124 Å². The zero-order valence-electron chi connectivity index (χ0n) is 11.4. The molecule has 0 radical (unpaired) electrons. The monoisotopic (exact) mass is 285 g/mol. The Morgan fingerprint density at radius 3 is 2.55 bits per heavy atom. The van der Waals surface area contributed by atoms with Crippen LogP contribution < -0.4 is 0 Å². The third kappa shape index (κ3) is 2.39. The first-order chi connectivity index (χ1) is 9.66. The zero-order chi connectivity index (χ0) is 14.1. The predicted octanol–water partition coefficient (Wildman–Crippen LogP) is 4.01. The molecule has 1 nitrogen and oxygen atoms in total. The molecule has 2 heteroatoms. The van der Waals surface area contributed by atoms with Crippen LogP contribution in [0, 0.1) is 11.6 Å². The van der Waals surface area contributed by atoms with Crippen LogP contribution in [0.25, 0.3) is 5.57 Å². The number of benzene rings is 2. The van der Waals surface area contributed by atoms with E-state index in [0.29, 0.717) is 5.92 Å². The number of hydrogen-bond donors (Lipinski definition) is 1. The number of hydrogen-bond acceptors (Lipinski definition) is 1. The molecule has 0 bridgehead atoms. The summed E-state index contributed by atoms with van der Waals surface area (Å²) >= 11 is 5.10. The van der Waals surface area contributed by atoms with E-state index < -0.39 is 6.10 Å². The van der Waals surface area contributed by atoms with Gasteiger partial charge < -0.3 is 5.11 Å². The van der Waals surface area contributed by atoms with Crippen molar-refractivity contribution in [2.45, 2.75) is 25.4 Å². The molecular formula is C18H18ClO+. The standard InChI is InChI=1S/C18H18ClO/c1-12-6-11-17(16-5-3-2-4-15(12)16)18(20)13-7-9-14(19)10-8-13/h2-5,7-12,18-20H,6H2,1H3/q+1. The van der Waals surface area contributed by atoms with Crippen LogP contribution in [0.1, 0.15) is 42.1 Å². The van der Waals surface area contributed by atoms with Crippen LogP contribution >= 0.6 is 0 Å². The summed E-state index contributed by atoms with van der Waals surface area (Å²) in [6, 6.07) is 15.9. The Bertz CT molecular complexity index is 643. The van der Waals surface area contributed by atoms with E-state index in [1.807, 2.05) is 30.3 Å². The second-order valence-corrected chi connectivity index (χ2v) is 5.83. The van der Waals surface area contributed by atoms with E-state index in [-0.39, 0.29) is 0 Å². The minimum Gasteiger partial charge on any atom is -0.384 e. The summed E-state index contributed by atoms with van der Waals surface area (Å²) in [6.45, 7) is 2.23. The maximum Gasteiger partial charge on any atom is 0.225 e. The number of fused-ring (bicyclic) bond motifs is 1. The number of halogens is 1. The molecule has 20 heavy (non-hydrogen) atoms. The molecule has 0 fully saturated rings. The second kappa shape index (κ2) is 5.43. The average molecular weight is 286 g/mol. The van der Waals surface area contributed by atoms with Gasteiger partial charge in [0, 0.05) is 12.1 Å². The SMILES string of the molecule is CC1CC=C(C(O)c2ccc([ClH+])cc2)c2ccccc21. The number of allylic oxidation sites excluding steroid dienone is 1. The van der Waals surface area contributed by atoms with E-state index in [1.54, 1.807) is 0 Å². The third-order valence-electron chi connectivity index (χ3n) is 3.98. The van der Waals surface area contributed by atoms with Crippen molar-refractivity contribution in [3.05, 3.63) is 76.3 Å². The quantitative estimate of drug-likeness (QED) is 0.884. The maximum absolute atomic E-state index is 10.7. The fourth-order valence-electron chi connectivity index (χ4n) is 2.82. The largest absolute Gasteiger partial charge is 0.384 e. The van der Waals surface area contributed by atoms with E-state index in [9.17, 15) is 5.11 Å². The van der Waals surface area contributed by atoms with Gasteiger partial charge in [-0.15, -0.1) is 0 Å². The van der Waals surface area contributed by atoms with Crippen LogP contribution in [-0.4, -0.2) is 5.11 Å². The van der Waals surface area contributed by atoms with Gasteiger partial charge in [0.25, 0.3) is 0 Å². The Kier molecular flexibility index (Phi) is 3.64. The Morgan fingerprint density at radius 1 is 1.10 bits per heavy atom. The van der Waals surface area contributed by atoms with Gasteiger partial charge in [-0.25, -0.2) is 0 Å². The lowest BCUT2D eigenvalue weighted by Gasteiger charge is -2.26. The van der Waals surface area contributed by atoms with Gasteiger partial charge in [-0.05, 0) is 34.6 Å². The van der Waals surface area contributed by atoms with Gasteiger partial charge in [0.05, 0.1) is 0 Å². The summed E-state index contributed by atoms with van der Waals surface area (Å²) in [5, 5.41) is 11.5. The maximum atomic E-state index is 10.7. The summed E-state index contributed by atoms with van der Waals surface area (Å²) in [5.74, 6) is 0.511. The minimum absolute atomic E-state index is 0.511. The first-order valence-corrected chi connectivity index (χ1v) is 7.32. The highest BCUT2D eigenvalue weighted by Gasteiger charge is 2.23. The molecule has 102 valence electrons. The van der Waals surface area contributed by atoms with Gasteiger partial charge in [-0.2, -0.15) is 0 Å². The summed E-state index contributed by atoms with van der Waals surface area (Å²) in [5.41, 5.74) is 4.40. The Morgan fingerprint density at radius 2 is 1.80 bits per heavy atom. The fourth-order valence-corrected chi connectivity index (χ4v) is 2.95. The molecule has 0 saturated carbocycles. The highest BCUT2D eigenvalue weighted by atomic mass is 35.5. The normalized spacial score (nSPS) is 19.1. The molecule has 2 aromatic rings. The first-order valence-electron chi connectivity index (χ1n) is 6.91. The Hall–Kier alpha value is -1.57. The van der Waals surface area contributed by atoms with Gasteiger partial charge in [0.2, 0.25) is 5.02 Å². The van der Waals surface area contributed by atoms with Crippen LogP contribution in [0.3, 0.4) is 0 Å². The van der Waals surface area contributed by atoms with Crippen molar-refractivity contribution in [2.24, 2.45) is 0 Å². The lowest BCUT2D eigenvalue weighted by Crippen LogP contribution is -2.09. The summed E-state index contributed by atoms with van der Waals surface area (Å²) in [7, 11) is 0. The minimum atomic E-state index is -0.584. The van der Waals surface area contributed by atoms with Gasteiger partial charge in [0.1, 0.15) is 6.10 Å². The first kappa shape index (κ1) is 13.4. The van der Waals surface area contributed by atoms with Gasteiger partial charge in [-0.3, -0.25) is 0 Å². The number of aliphatic hydroxyl groups is 1. The molecule has 0 amide bonds. The van der Waals surface area contributed by atoms with Crippen LogP contribution in [-0.2, 0) is 0 Å². The number of rotatable bonds is 2. The van der Waals surface area contributed by atoms with Crippen molar-refractivity contribution in [3.63, 3.8) is 0 Å². The lowest BCUT2D eigenvalue weighted by molar-refractivity contribution is -0.288.